The Bertz CT molecular complexity index is 491. The number of carboxylic acid groups (broad SMARTS) is 1. The molecule has 0 saturated carbocycles. The first-order valence-electron chi connectivity index (χ1n) is 5.81. The lowest BCUT2D eigenvalue weighted by molar-refractivity contribution is -0.145. The Balaban J connectivity index is 2.64. The summed E-state index contributed by atoms with van der Waals surface area (Å²) in [7, 11) is 1.55. The van der Waals surface area contributed by atoms with Gasteiger partial charge in [0.1, 0.15) is 0 Å². The number of carbonyl (C=O) groups is 2. The normalized spacial score (nSPS) is 12.0. The average molecular weight is 329 g/mol. The molecule has 0 spiro atoms. The number of benzene rings is 1. The molecule has 0 aliphatic carbocycles. The third-order valence-electron chi connectivity index (χ3n) is 2.94. The van der Waals surface area contributed by atoms with Crippen molar-refractivity contribution in [2.45, 2.75) is 19.4 Å². The van der Waals surface area contributed by atoms with Crippen LogP contribution >= 0.6 is 15.9 Å². The van der Waals surface area contributed by atoms with Gasteiger partial charge >= 0.3 is 5.97 Å². The molecule has 1 amide bonds. The molecule has 104 valence electrons. The minimum Gasteiger partial charge on any atom is -0.480 e. The number of amides is 1. The summed E-state index contributed by atoms with van der Waals surface area (Å²) in [5.74, 6) is -1.89. The van der Waals surface area contributed by atoms with Crippen molar-refractivity contribution in [1.29, 1.82) is 0 Å². The van der Waals surface area contributed by atoms with Gasteiger partial charge in [-0.15, -0.1) is 0 Å². The number of rotatable bonds is 5. The minimum atomic E-state index is -1.49. The van der Waals surface area contributed by atoms with E-state index < -0.39 is 17.9 Å². The van der Waals surface area contributed by atoms with Crippen LogP contribution in [-0.4, -0.2) is 41.5 Å². The summed E-state index contributed by atoms with van der Waals surface area (Å²) in [6, 6.07) is 4.44. The van der Waals surface area contributed by atoms with Crippen molar-refractivity contribution in [2.24, 2.45) is 5.73 Å². The molecule has 0 saturated heterocycles. The first-order chi connectivity index (χ1) is 8.82. The van der Waals surface area contributed by atoms with Crippen LogP contribution in [0.2, 0.25) is 0 Å². The molecule has 0 aliphatic heterocycles. The molecule has 1 unspecified atom stereocenters. The Hall–Kier alpha value is -1.40. The van der Waals surface area contributed by atoms with Crippen LogP contribution in [0.5, 0.6) is 0 Å². The van der Waals surface area contributed by atoms with Crippen LogP contribution in [0.3, 0.4) is 0 Å². The van der Waals surface area contributed by atoms with Crippen molar-refractivity contribution in [2.75, 3.05) is 13.6 Å². The van der Waals surface area contributed by atoms with Gasteiger partial charge in [0.15, 0.2) is 6.04 Å². The molecule has 5 nitrogen and oxygen atoms in total. The Morgan fingerprint density at radius 3 is 2.68 bits per heavy atom. The van der Waals surface area contributed by atoms with Crippen molar-refractivity contribution in [3.05, 3.63) is 33.8 Å². The first kappa shape index (κ1) is 15.7. The topological polar surface area (TPSA) is 83.6 Å². The van der Waals surface area contributed by atoms with Crippen LogP contribution in [0.25, 0.3) is 0 Å². The summed E-state index contributed by atoms with van der Waals surface area (Å²) in [5, 5.41) is 8.69. The zero-order valence-corrected chi connectivity index (χ0v) is 12.5. The second kappa shape index (κ2) is 6.68. The third-order valence-corrected chi connectivity index (χ3v) is 3.43. The highest BCUT2D eigenvalue weighted by Crippen LogP contribution is 2.16. The fourth-order valence-electron chi connectivity index (χ4n) is 1.65. The number of halogens is 1. The number of nitrogens with two attached hydrogens (primary N) is 1. The molecule has 1 aromatic rings. The molecule has 0 aromatic heterocycles. The smallest absolute Gasteiger partial charge is 0.330 e. The maximum absolute atomic E-state index is 11.7. The van der Waals surface area contributed by atoms with Gasteiger partial charge in [-0.3, -0.25) is 4.79 Å². The molecule has 6 heteroatoms. The Morgan fingerprint density at radius 1 is 1.47 bits per heavy atom. The lowest BCUT2D eigenvalue weighted by Crippen LogP contribution is -2.47. The number of carboxylic acids is 1. The molecule has 0 fully saturated rings. The van der Waals surface area contributed by atoms with Crippen LogP contribution < -0.4 is 5.73 Å². The fraction of sp³-hybridized carbons (Fsp3) is 0.385. The van der Waals surface area contributed by atoms with Gasteiger partial charge in [-0.2, -0.15) is 0 Å². The number of carbonyl (C=O) groups excluding carboxylic acids is 1. The number of hydrogen-bond acceptors (Lipinski definition) is 3. The van der Waals surface area contributed by atoms with E-state index >= 15 is 0 Å². The number of aryl methyl sites for hydroxylation is 1. The highest BCUT2D eigenvalue weighted by molar-refractivity contribution is 9.10. The SMILES string of the molecule is Cc1ccc(Br)cc1CCN(C)C(=O)C(N)C(=O)O. The molecule has 0 aliphatic rings. The van der Waals surface area contributed by atoms with Gasteiger partial charge in [0.2, 0.25) is 0 Å². The largest absolute Gasteiger partial charge is 0.480 e. The van der Waals surface area contributed by atoms with Gasteiger partial charge in [0.05, 0.1) is 0 Å². The first-order valence-corrected chi connectivity index (χ1v) is 6.60. The zero-order valence-electron chi connectivity index (χ0n) is 10.9. The fourth-order valence-corrected chi connectivity index (χ4v) is 2.06. The number of likely N-dealkylation sites (N-methyl/N-ethyl adjacent to an activating group) is 1. The van der Waals surface area contributed by atoms with Crippen molar-refractivity contribution in [3.8, 4) is 0 Å². The van der Waals surface area contributed by atoms with E-state index in [2.05, 4.69) is 15.9 Å². The average Bonchev–Trinajstić information content (AvgIpc) is 2.37. The molecule has 0 heterocycles. The predicted molar refractivity (Wildman–Crippen MR) is 75.8 cm³/mol. The standard InChI is InChI=1S/C13H17BrN2O3/c1-8-3-4-10(14)7-9(8)5-6-16(2)12(17)11(15)13(18)19/h3-4,7,11H,5-6,15H2,1-2H3,(H,18,19). The molecule has 0 radical (unpaired) electrons. The van der Waals surface area contributed by atoms with Crippen LogP contribution in [0, 0.1) is 6.92 Å². The Labute approximate surface area is 120 Å². The molecule has 19 heavy (non-hydrogen) atoms. The summed E-state index contributed by atoms with van der Waals surface area (Å²) in [5.41, 5.74) is 7.53. The van der Waals surface area contributed by atoms with Crippen molar-refractivity contribution < 1.29 is 14.7 Å². The third kappa shape index (κ3) is 4.33. The predicted octanol–water partition coefficient (Wildman–Crippen LogP) is 1.17. The van der Waals surface area contributed by atoms with Crippen molar-refractivity contribution in [1.82, 2.24) is 4.90 Å². The van der Waals surface area contributed by atoms with Crippen molar-refractivity contribution in [3.63, 3.8) is 0 Å². The Morgan fingerprint density at radius 2 is 2.11 bits per heavy atom. The lowest BCUT2D eigenvalue weighted by Gasteiger charge is -2.19. The van der Waals surface area contributed by atoms with E-state index in [9.17, 15) is 9.59 Å². The monoisotopic (exact) mass is 328 g/mol. The van der Waals surface area contributed by atoms with Crippen LogP contribution in [0.1, 0.15) is 11.1 Å². The molecular formula is C13H17BrN2O3. The van der Waals surface area contributed by atoms with Gasteiger partial charge in [0.25, 0.3) is 5.91 Å². The maximum atomic E-state index is 11.7. The summed E-state index contributed by atoms with van der Waals surface area (Å²) >= 11 is 3.40. The van der Waals surface area contributed by atoms with E-state index in [-0.39, 0.29) is 0 Å². The van der Waals surface area contributed by atoms with Gasteiger partial charge < -0.3 is 15.7 Å². The summed E-state index contributed by atoms with van der Waals surface area (Å²) in [6.07, 6.45) is 0.653. The van der Waals surface area contributed by atoms with E-state index in [1.54, 1.807) is 7.05 Å². The highest BCUT2D eigenvalue weighted by Gasteiger charge is 2.24. The summed E-state index contributed by atoms with van der Waals surface area (Å²) < 4.78 is 0.976. The van der Waals surface area contributed by atoms with E-state index in [4.69, 9.17) is 10.8 Å². The second-order valence-corrected chi connectivity index (χ2v) is 5.31. The number of nitrogens with zero attached hydrogens (tertiary/aromatic N) is 1. The van der Waals surface area contributed by atoms with E-state index in [1.807, 2.05) is 25.1 Å². The van der Waals surface area contributed by atoms with Crippen LogP contribution in [0.15, 0.2) is 22.7 Å². The van der Waals surface area contributed by atoms with Crippen LogP contribution in [0.4, 0.5) is 0 Å². The van der Waals surface area contributed by atoms with Crippen molar-refractivity contribution >= 4 is 27.8 Å². The van der Waals surface area contributed by atoms with E-state index in [0.717, 1.165) is 15.6 Å². The van der Waals surface area contributed by atoms with E-state index in [1.165, 1.54) is 4.90 Å². The van der Waals surface area contributed by atoms with Crippen LogP contribution in [-0.2, 0) is 16.0 Å². The summed E-state index contributed by atoms with van der Waals surface area (Å²) in [6.45, 7) is 2.42. The van der Waals surface area contributed by atoms with Gasteiger partial charge in [-0.25, -0.2) is 4.79 Å². The molecule has 3 N–H and O–H groups in total. The summed E-state index contributed by atoms with van der Waals surface area (Å²) in [4.78, 5) is 23.7. The number of hydrogen-bond donors (Lipinski definition) is 2. The minimum absolute atomic E-state index is 0.428. The highest BCUT2D eigenvalue weighted by atomic mass is 79.9. The van der Waals surface area contributed by atoms with Gasteiger partial charge in [-0.05, 0) is 36.6 Å². The van der Waals surface area contributed by atoms with Gasteiger partial charge in [0, 0.05) is 18.1 Å². The molecular weight excluding hydrogens is 312 g/mol. The van der Waals surface area contributed by atoms with E-state index in [0.29, 0.717) is 13.0 Å². The molecule has 1 aromatic carbocycles. The molecule has 1 atom stereocenters. The molecule has 0 bridgehead atoms. The maximum Gasteiger partial charge on any atom is 0.330 e. The molecule has 1 rings (SSSR count). The Kier molecular flexibility index (Phi) is 5.50. The zero-order chi connectivity index (χ0) is 14.6. The second-order valence-electron chi connectivity index (χ2n) is 4.40. The lowest BCUT2D eigenvalue weighted by atomic mass is 10.1. The quantitative estimate of drug-likeness (QED) is 0.795. The number of aliphatic carboxylic acids is 1. The van der Waals surface area contributed by atoms with Gasteiger partial charge in [-0.1, -0.05) is 22.0 Å².